The molecule has 0 aliphatic carbocycles. The minimum Gasteiger partial charge on any atom is -0.480 e. The Labute approximate surface area is 76.2 Å². The second-order valence-electron chi connectivity index (χ2n) is 2.93. The normalized spacial score (nSPS) is 12.5. The number of rotatable bonds is 2. The molecular weight excluding hydrogens is 168 g/mol. The maximum atomic E-state index is 10.6. The molecule has 1 aromatic carbocycles. The molecule has 5 N–H and O–H groups in total. The summed E-state index contributed by atoms with van der Waals surface area (Å²) < 4.78 is 0. The maximum absolute atomic E-state index is 10.6. The van der Waals surface area contributed by atoms with E-state index in [0.29, 0.717) is 11.3 Å². The molecular formula is C9H12N2O2. The van der Waals surface area contributed by atoms with Gasteiger partial charge in [0.2, 0.25) is 0 Å². The van der Waals surface area contributed by atoms with E-state index in [1.54, 1.807) is 25.1 Å². The largest absolute Gasteiger partial charge is 0.480 e. The van der Waals surface area contributed by atoms with Crippen LogP contribution in [0, 0.1) is 6.92 Å². The van der Waals surface area contributed by atoms with Gasteiger partial charge in [0.1, 0.15) is 6.04 Å². The maximum Gasteiger partial charge on any atom is 0.325 e. The van der Waals surface area contributed by atoms with Crippen molar-refractivity contribution < 1.29 is 9.90 Å². The summed E-state index contributed by atoms with van der Waals surface area (Å²) in [5.74, 6) is -1.03. The Kier molecular flexibility index (Phi) is 2.53. The zero-order valence-electron chi connectivity index (χ0n) is 7.32. The predicted octanol–water partition coefficient (Wildman–Crippen LogP) is 0.662. The molecule has 0 saturated carbocycles. The number of hydrogen-bond donors (Lipinski definition) is 3. The molecule has 0 aromatic heterocycles. The van der Waals surface area contributed by atoms with Crippen LogP contribution in [0.15, 0.2) is 18.2 Å². The van der Waals surface area contributed by atoms with Gasteiger partial charge in [0.25, 0.3) is 0 Å². The lowest BCUT2D eigenvalue weighted by atomic mass is 10.0. The van der Waals surface area contributed by atoms with Crippen molar-refractivity contribution in [2.24, 2.45) is 5.73 Å². The van der Waals surface area contributed by atoms with E-state index in [2.05, 4.69) is 0 Å². The molecule has 13 heavy (non-hydrogen) atoms. The van der Waals surface area contributed by atoms with Crippen LogP contribution in [0.1, 0.15) is 17.2 Å². The summed E-state index contributed by atoms with van der Waals surface area (Å²) in [4.78, 5) is 10.6. The van der Waals surface area contributed by atoms with Gasteiger partial charge in [-0.3, -0.25) is 4.79 Å². The Morgan fingerprint density at radius 1 is 1.54 bits per heavy atom. The van der Waals surface area contributed by atoms with E-state index >= 15 is 0 Å². The number of carboxylic acids is 1. The summed E-state index contributed by atoms with van der Waals surface area (Å²) in [7, 11) is 0. The molecule has 1 aromatic rings. The fourth-order valence-corrected chi connectivity index (χ4v) is 1.18. The molecule has 0 bridgehead atoms. The van der Waals surface area contributed by atoms with Crippen molar-refractivity contribution in [3.63, 3.8) is 0 Å². The number of nitrogen functional groups attached to an aromatic ring is 1. The van der Waals surface area contributed by atoms with Gasteiger partial charge < -0.3 is 16.6 Å². The van der Waals surface area contributed by atoms with Gasteiger partial charge in [-0.05, 0) is 30.2 Å². The zero-order chi connectivity index (χ0) is 10.0. The molecule has 0 heterocycles. The molecule has 4 nitrogen and oxygen atoms in total. The summed E-state index contributed by atoms with van der Waals surface area (Å²) in [5.41, 5.74) is 13.0. The minimum absolute atomic E-state index is 0.599. The Morgan fingerprint density at radius 2 is 2.15 bits per heavy atom. The predicted molar refractivity (Wildman–Crippen MR) is 50.2 cm³/mol. The van der Waals surface area contributed by atoms with Crippen molar-refractivity contribution in [2.75, 3.05) is 5.73 Å². The molecule has 1 atom stereocenters. The molecule has 0 amide bonds. The highest BCUT2D eigenvalue weighted by Gasteiger charge is 2.15. The van der Waals surface area contributed by atoms with Gasteiger partial charge >= 0.3 is 5.97 Å². The average molecular weight is 180 g/mol. The monoisotopic (exact) mass is 180 g/mol. The summed E-state index contributed by atoms with van der Waals surface area (Å²) >= 11 is 0. The third kappa shape index (κ3) is 1.97. The Hall–Kier alpha value is -1.55. The first kappa shape index (κ1) is 9.54. The number of carbonyl (C=O) groups is 1. The van der Waals surface area contributed by atoms with E-state index in [0.717, 1.165) is 5.56 Å². The number of aliphatic carboxylic acids is 1. The van der Waals surface area contributed by atoms with E-state index in [-0.39, 0.29) is 0 Å². The highest BCUT2D eigenvalue weighted by atomic mass is 16.4. The van der Waals surface area contributed by atoms with Crippen LogP contribution in [0.2, 0.25) is 0 Å². The van der Waals surface area contributed by atoms with E-state index in [4.69, 9.17) is 16.6 Å². The number of aryl methyl sites for hydroxylation is 1. The molecule has 4 heteroatoms. The first-order valence-corrected chi connectivity index (χ1v) is 3.87. The zero-order valence-corrected chi connectivity index (χ0v) is 7.32. The molecule has 1 rings (SSSR count). The molecule has 0 saturated heterocycles. The summed E-state index contributed by atoms with van der Waals surface area (Å²) in [6.45, 7) is 1.79. The molecule has 0 spiro atoms. The van der Waals surface area contributed by atoms with Crippen molar-refractivity contribution in [3.05, 3.63) is 29.3 Å². The minimum atomic E-state index is -1.03. The molecule has 70 valence electrons. The van der Waals surface area contributed by atoms with Gasteiger partial charge in [0.05, 0.1) is 0 Å². The fourth-order valence-electron chi connectivity index (χ4n) is 1.18. The van der Waals surface area contributed by atoms with Gasteiger partial charge in [-0.15, -0.1) is 0 Å². The summed E-state index contributed by atoms with van der Waals surface area (Å²) in [6.07, 6.45) is 0. The Bertz CT molecular complexity index is 336. The number of benzene rings is 1. The number of carboxylic acid groups (broad SMARTS) is 1. The number of anilines is 1. The quantitative estimate of drug-likeness (QED) is 0.583. The molecule has 0 radical (unpaired) electrons. The van der Waals surface area contributed by atoms with Gasteiger partial charge in [0, 0.05) is 5.69 Å². The number of hydrogen-bond acceptors (Lipinski definition) is 3. The lowest BCUT2D eigenvalue weighted by Gasteiger charge is -2.10. The summed E-state index contributed by atoms with van der Waals surface area (Å²) in [5, 5.41) is 8.67. The van der Waals surface area contributed by atoms with Crippen molar-refractivity contribution in [3.8, 4) is 0 Å². The molecule has 0 unspecified atom stereocenters. The van der Waals surface area contributed by atoms with Crippen LogP contribution in [-0.4, -0.2) is 11.1 Å². The van der Waals surface area contributed by atoms with E-state index in [9.17, 15) is 4.79 Å². The molecule has 0 aliphatic rings. The van der Waals surface area contributed by atoms with Crippen LogP contribution in [0.25, 0.3) is 0 Å². The van der Waals surface area contributed by atoms with Crippen molar-refractivity contribution >= 4 is 11.7 Å². The second kappa shape index (κ2) is 3.45. The van der Waals surface area contributed by atoms with Gasteiger partial charge in [-0.1, -0.05) is 6.07 Å². The molecule has 0 aliphatic heterocycles. The lowest BCUT2D eigenvalue weighted by Crippen LogP contribution is -2.21. The third-order valence-corrected chi connectivity index (χ3v) is 1.89. The topological polar surface area (TPSA) is 89.3 Å². The third-order valence-electron chi connectivity index (χ3n) is 1.89. The highest BCUT2D eigenvalue weighted by Crippen LogP contribution is 2.18. The van der Waals surface area contributed by atoms with Crippen molar-refractivity contribution in [1.29, 1.82) is 0 Å². The Balaban J connectivity index is 3.08. The highest BCUT2D eigenvalue weighted by molar-refractivity contribution is 5.76. The first-order valence-electron chi connectivity index (χ1n) is 3.87. The van der Waals surface area contributed by atoms with Gasteiger partial charge in [0.15, 0.2) is 0 Å². The van der Waals surface area contributed by atoms with Gasteiger partial charge in [-0.25, -0.2) is 0 Å². The standard InChI is InChI=1S/C9H12N2O2/c1-5-4-6(10)2-3-7(5)8(11)9(12)13/h2-4,8H,10-11H2,1H3,(H,12,13)/t8-/m1/s1. The van der Waals surface area contributed by atoms with Gasteiger partial charge in [-0.2, -0.15) is 0 Å². The summed E-state index contributed by atoms with van der Waals surface area (Å²) in [6, 6.07) is 4.02. The second-order valence-corrected chi connectivity index (χ2v) is 2.93. The Morgan fingerprint density at radius 3 is 2.62 bits per heavy atom. The first-order chi connectivity index (χ1) is 6.02. The number of nitrogens with two attached hydrogens (primary N) is 2. The van der Waals surface area contributed by atoms with Crippen LogP contribution >= 0.6 is 0 Å². The van der Waals surface area contributed by atoms with E-state index in [1.807, 2.05) is 0 Å². The van der Waals surface area contributed by atoms with Crippen LogP contribution in [0.4, 0.5) is 5.69 Å². The fraction of sp³-hybridized carbons (Fsp3) is 0.222. The van der Waals surface area contributed by atoms with Crippen molar-refractivity contribution in [1.82, 2.24) is 0 Å². The lowest BCUT2D eigenvalue weighted by molar-refractivity contribution is -0.138. The van der Waals surface area contributed by atoms with E-state index < -0.39 is 12.0 Å². The molecule has 0 fully saturated rings. The van der Waals surface area contributed by atoms with Crippen LogP contribution in [0.5, 0.6) is 0 Å². The smallest absolute Gasteiger partial charge is 0.325 e. The van der Waals surface area contributed by atoms with E-state index in [1.165, 1.54) is 0 Å². The SMILES string of the molecule is Cc1cc(N)ccc1[C@@H](N)C(=O)O. The van der Waals surface area contributed by atoms with Crippen LogP contribution in [0.3, 0.4) is 0 Å². The average Bonchev–Trinajstić information content (AvgIpc) is 2.03. The van der Waals surface area contributed by atoms with Crippen LogP contribution in [-0.2, 0) is 4.79 Å². The van der Waals surface area contributed by atoms with Crippen molar-refractivity contribution in [2.45, 2.75) is 13.0 Å². The van der Waals surface area contributed by atoms with Crippen LogP contribution < -0.4 is 11.5 Å².